The summed E-state index contributed by atoms with van der Waals surface area (Å²) in [5, 5.41) is 9.40. The average Bonchev–Trinajstić information content (AvgIpc) is 3.10. The fourth-order valence-electron chi connectivity index (χ4n) is 3.09. The SMILES string of the molecule is Cc1nc2cccc(C(=O)O)c2n1C(C)(C)C1CC1. The minimum absolute atomic E-state index is 0.0790. The van der Waals surface area contributed by atoms with Gasteiger partial charge in [0, 0.05) is 5.54 Å². The Kier molecular flexibility index (Phi) is 2.46. The van der Waals surface area contributed by atoms with Crippen LogP contribution in [-0.4, -0.2) is 20.6 Å². The minimum Gasteiger partial charge on any atom is -0.478 e. The molecule has 0 bridgehead atoms. The summed E-state index contributed by atoms with van der Waals surface area (Å²) < 4.78 is 2.11. The van der Waals surface area contributed by atoms with Gasteiger partial charge >= 0.3 is 5.97 Å². The standard InChI is InChI=1S/C15H18N2O2/c1-9-16-12-6-4-5-11(14(18)19)13(12)17(9)15(2,3)10-7-8-10/h4-6,10H,7-8H2,1-3H3,(H,18,19). The maximum atomic E-state index is 11.4. The van der Waals surface area contributed by atoms with E-state index in [1.807, 2.05) is 13.0 Å². The number of aromatic carboxylic acids is 1. The van der Waals surface area contributed by atoms with Crippen LogP contribution < -0.4 is 0 Å². The van der Waals surface area contributed by atoms with E-state index < -0.39 is 5.97 Å². The molecule has 1 aromatic heterocycles. The Bertz CT molecular complexity index is 666. The summed E-state index contributed by atoms with van der Waals surface area (Å²) in [6.45, 7) is 6.31. The second-order valence-corrected chi connectivity index (χ2v) is 5.90. The van der Waals surface area contributed by atoms with Crippen molar-refractivity contribution in [2.45, 2.75) is 39.2 Å². The quantitative estimate of drug-likeness (QED) is 0.919. The molecular weight excluding hydrogens is 240 g/mol. The second kappa shape index (κ2) is 3.83. The molecule has 0 atom stereocenters. The van der Waals surface area contributed by atoms with Crippen molar-refractivity contribution in [3.05, 3.63) is 29.6 Å². The van der Waals surface area contributed by atoms with Gasteiger partial charge in [-0.25, -0.2) is 9.78 Å². The van der Waals surface area contributed by atoms with Crippen LogP contribution in [0.1, 0.15) is 42.9 Å². The van der Waals surface area contributed by atoms with E-state index in [2.05, 4.69) is 23.4 Å². The Morgan fingerprint density at radius 1 is 1.42 bits per heavy atom. The lowest BCUT2D eigenvalue weighted by Crippen LogP contribution is -2.30. The van der Waals surface area contributed by atoms with Gasteiger partial charge < -0.3 is 9.67 Å². The molecular formula is C15H18N2O2. The topological polar surface area (TPSA) is 55.1 Å². The Morgan fingerprint density at radius 3 is 2.68 bits per heavy atom. The number of carboxylic acid groups (broad SMARTS) is 1. The van der Waals surface area contributed by atoms with E-state index in [0.717, 1.165) is 16.9 Å². The molecule has 3 rings (SSSR count). The molecule has 0 amide bonds. The first-order valence-corrected chi connectivity index (χ1v) is 6.64. The normalized spacial score (nSPS) is 15.9. The number of aromatic nitrogens is 2. The molecule has 0 radical (unpaired) electrons. The highest BCUT2D eigenvalue weighted by Crippen LogP contribution is 2.45. The maximum Gasteiger partial charge on any atom is 0.337 e. The molecule has 100 valence electrons. The molecule has 0 saturated heterocycles. The number of imidazole rings is 1. The molecule has 1 aliphatic carbocycles. The van der Waals surface area contributed by atoms with Gasteiger partial charge in [-0.1, -0.05) is 6.07 Å². The van der Waals surface area contributed by atoms with E-state index in [4.69, 9.17) is 0 Å². The summed E-state index contributed by atoms with van der Waals surface area (Å²) in [7, 11) is 0. The molecule has 4 heteroatoms. The zero-order valence-electron chi connectivity index (χ0n) is 11.5. The molecule has 4 nitrogen and oxygen atoms in total. The van der Waals surface area contributed by atoms with Gasteiger partial charge in [0.2, 0.25) is 0 Å². The van der Waals surface area contributed by atoms with E-state index in [9.17, 15) is 9.90 Å². The highest BCUT2D eigenvalue weighted by Gasteiger charge is 2.41. The van der Waals surface area contributed by atoms with Gasteiger partial charge in [-0.15, -0.1) is 0 Å². The monoisotopic (exact) mass is 258 g/mol. The minimum atomic E-state index is -0.890. The molecule has 1 aliphatic rings. The van der Waals surface area contributed by atoms with Crippen LogP contribution >= 0.6 is 0 Å². The van der Waals surface area contributed by atoms with Crippen molar-refractivity contribution in [3.8, 4) is 0 Å². The van der Waals surface area contributed by atoms with Gasteiger partial charge in [0.15, 0.2) is 0 Å². The van der Waals surface area contributed by atoms with E-state index >= 15 is 0 Å². The summed E-state index contributed by atoms with van der Waals surface area (Å²) in [5.74, 6) is 0.615. The molecule has 0 aliphatic heterocycles. The number of para-hydroxylation sites is 1. The van der Waals surface area contributed by atoms with Gasteiger partial charge in [0.25, 0.3) is 0 Å². The zero-order valence-corrected chi connectivity index (χ0v) is 11.5. The van der Waals surface area contributed by atoms with E-state index in [1.54, 1.807) is 12.1 Å². The zero-order chi connectivity index (χ0) is 13.8. The van der Waals surface area contributed by atoms with Gasteiger partial charge in [0.05, 0.1) is 16.6 Å². The van der Waals surface area contributed by atoms with Gasteiger partial charge in [-0.2, -0.15) is 0 Å². The lowest BCUT2D eigenvalue weighted by atomic mass is 9.97. The van der Waals surface area contributed by atoms with Crippen molar-refractivity contribution in [3.63, 3.8) is 0 Å². The molecule has 1 heterocycles. The highest BCUT2D eigenvalue weighted by atomic mass is 16.4. The number of rotatable bonds is 3. The van der Waals surface area contributed by atoms with Crippen molar-refractivity contribution < 1.29 is 9.90 Å². The molecule has 2 aromatic rings. The predicted octanol–water partition coefficient (Wildman–Crippen LogP) is 3.19. The molecule has 1 saturated carbocycles. The Hall–Kier alpha value is -1.84. The smallest absolute Gasteiger partial charge is 0.337 e. The van der Waals surface area contributed by atoms with Crippen LogP contribution in [0, 0.1) is 12.8 Å². The van der Waals surface area contributed by atoms with Crippen LogP contribution in [0.4, 0.5) is 0 Å². The van der Waals surface area contributed by atoms with E-state index in [-0.39, 0.29) is 5.54 Å². The van der Waals surface area contributed by atoms with Crippen molar-refractivity contribution in [1.82, 2.24) is 9.55 Å². The average molecular weight is 258 g/mol. The number of aryl methyl sites for hydroxylation is 1. The molecule has 19 heavy (non-hydrogen) atoms. The number of benzene rings is 1. The Balaban J connectivity index is 2.34. The molecule has 0 unspecified atom stereocenters. The van der Waals surface area contributed by atoms with Crippen LogP contribution in [0.25, 0.3) is 11.0 Å². The summed E-state index contributed by atoms with van der Waals surface area (Å²) >= 11 is 0. The first kappa shape index (κ1) is 12.2. The molecule has 1 N–H and O–H groups in total. The third-order valence-electron chi connectivity index (χ3n) is 4.23. The number of hydrogen-bond donors (Lipinski definition) is 1. The van der Waals surface area contributed by atoms with Gasteiger partial charge in [-0.05, 0) is 51.7 Å². The predicted molar refractivity (Wildman–Crippen MR) is 73.5 cm³/mol. The summed E-state index contributed by atoms with van der Waals surface area (Å²) in [4.78, 5) is 16.0. The van der Waals surface area contributed by atoms with Crippen molar-refractivity contribution in [2.24, 2.45) is 5.92 Å². The number of nitrogens with zero attached hydrogens (tertiary/aromatic N) is 2. The summed E-state index contributed by atoms with van der Waals surface area (Å²) in [5.41, 5.74) is 1.78. The maximum absolute atomic E-state index is 11.4. The number of hydrogen-bond acceptors (Lipinski definition) is 2. The number of carbonyl (C=O) groups is 1. The van der Waals surface area contributed by atoms with E-state index in [0.29, 0.717) is 11.5 Å². The summed E-state index contributed by atoms with van der Waals surface area (Å²) in [6, 6.07) is 5.30. The fourth-order valence-corrected chi connectivity index (χ4v) is 3.09. The third kappa shape index (κ3) is 1.74. The lowest BCUT2D eigenvalue weighted by Gasteiger charge is -2.29. The van der Waals surface area contributed by atoms with Crippen LogP contribution in [0.15, 0.2) is 18.2 Å². The fraction of sp³-hybridized carbons (Fsp3) is 0.467. The van der Waals surface area contributed by atoms with Crippen molar-refractivity contribution >= 4 is 17.0 Å². The second-order valence-electron chi connectivity index (χ2n) is 5.90. The van der Waals surface area contributed by atoms with Gasteiger partial charge in [0.1, 0.15) is 5.82 Å². The van der Waals surface area contributed by atoms with Crippen molar-refractivity contribution in [1.29, 1.82) is 0 Å². The van der Waals surface area contributed by atoms with E-state index in [1.165, 1.54) is 12.8 Å². The number of carboxylic acids is 1. The highest BCUT2D eigenvalue weighted by molar-refractivity contribution is 6.01. The first-order valence-electron chi connectivity index (χ1n) is 6.64. The Morgan fingerprint density at radius 2 is 2.11 bits per heavy atom. The van der Waals surface area contributed by atoms with Crippen LogP contribution in [-0.2, 0) is 5.54 Å². The van der Waals surface area contributed by atoms with Gasteiger partial charge in [-0.3, -0.25) is 0 Å². The lowest BCUT2D eigenvalue weighted by molar-refractivity contribution is 0.0698. The van der Waals surface area contributed by atoms with Crippen molar-refractivity contribution in [2.75, 3.05) is 0 Å². The number of fused-ring (bicyclic) bond motifs is 1. The molecule has 1 fully saturated rings. The third-order valence-corrected chi connectivity index (χ3v) is 4.23. The Labute approximate surface area is 112 Å². The van der Waals surface area contributed by atoms with Crippen LogP contribution in [0.5, 0.6) is 0 Å². The van der Waals surface area contributed by atoms with Crippen LogP contribution in [0.2, 0.25) is 0 Å². The molecule has 1 aromatic carbocycles. The summed E-state index contributed by atoms with van der Waals surface area (Å²) in [6.07, 6.45) is 2.42. The van der Waals surface area contributed by atoms with Crippen LogP contribution in [0.3, 0.4) is 0 Å². The first-order chi connectivity index (χ1) is 8.93. The largest absolute Gasteiger partial charge is 0.478 e. The molecule has 0 spiro atoms.